The number of nitrogens with zero attached hydrogens (tertiary/aromatic N) is 1. The summed E-state index contributed by atoms with van der Waals surface area (Å²) in [6.07, 6.45) is 1.43. The van der Waals surface area contributed by atoms with Gasteiger partial charge in [-0.05, 0) is 34.1 Å². The second-order valence-corrected chi connectivity index (χ2v) is 5.36. The minimum atomic E-state index is -0.316. The average molecular weight is 371 g/mol. The number of ether oxygens (including phenoxy) is 1. The van der Waals surface area contributed by atoms with Gasteiger partial charge in [-0.3, -0.25) is 4.79 Å². The van der Waals surface area contributed by atoms with Gasteiger partial charge in [-0.1, -0.05) is 11.6 Å². The fourth-order valence-corrected chi connectivity index (χ4v) is 2.28. The van der Waals surface area contributed by atoms with Gasteiger partial charge in [0.25, 0.3) is 5.91 Å². The summed E-state index contributed by atoms with van der Waals surface area (Å²) < 4.78 is 6.00. The lowest BCUT2D eigenvalue weighted by Crippen LogP contribution is -2.13. The number of nitrogens with one attached hydrogen (secondary N) is 2. The molecule has 1 heterocycles. The van der Waals surface area contributed by atoms with E-state index < -0.39 is 0 Å². The van der Waals surface area contributed by atoms with Gasteiger partial charge in [-0.15, -0.1) is 0 Å². The Morgan fingerprint density at radius 2 is 2.14 bits per heavy atom. The van der Waals surface area contributed by atoms with Gasteiger partial charge in [-0.2, -0.15) is 0 Å². The van der Waals surface area contributed by atoms with E-state index in [-0.39, 0.29) is 10.9 Å². The standard InChI is InChI=1S/C14H13BrClN3O2/c1-17-13-6-9(11(16)7-18-13)14(20)19-8-3-4-10(15)12(5-8)21-2/h3-7H,1-2H3,(H,17,18)(H,19,20). The van der Waals surface area contributed by atoms with Gasteiger partial charge < -0.3 is 15.4 Å². The second-order valence-electron chi connectivity index (χ2n) is 4.10. The summed E-state index contributed by atoms with van der Waals surface area (Å²) in [6, 6.07) is 6.87. The monoisotopic (exact) mass is 369 g/mol. The third-order valence-electron chi connectivity index (χ3n) is 2.77. The van der Waals surface area contributed by atoms with Gasteiger partial charge in [0, 0.05) is 25.0 Å². The fraction of sp³-hybridized carbons (Fsp3) is 0.143. The van der Waals surface area contributed by atoms with E-state index in [2.05, 4.69) is 31.5 Å². The SMILES string of the molecule is CNc1cc(C(=O)Nc2ccc(Br)c(OC)c2)c(Cl)cn1. The number of hydrogen-bond acceptors (Lipinski definition) is 4. The molecule has 1 amide bonds. The van der Waals surface area contributed by atoms with Crippen molar-refractivity contribution in [1.82, 2.24) is 4.98 Å². The number of hydrogen-bond donors (Lipinski definition) is 2. The Labute approximate surface area is 135 Å². The first-order chi connectivity index (χ1) is 10.0. The molecule has 0 aliphatic heterocycles. The van der Waals surface area contributed by atoms with Crippen LogP contribution in [0.2, 0.25) is 5.02 Å². The molecule has 0 spiro atoms. The molecule has 110 valence electrons. The highest BCUT2D eigenvalue weighted by Crippen LogP contribution is 2.28. The van der Waals surface area contributed by atoms with Gasteiger partial charge >= 0.3 is 0 Å². The van der Waals surface area contributed by atoms with Gasteiger partial charge in [-0.25, -0.2) is 4.98 Å². The molecule has 2 N–H and O–H groups in total. The number of pyridine rings is 1. The fourth-order valence-electron chi connectivity index (χ4n) is 1.69. The molecule has 0 aliphatic carbocycles. The van der Waals surface area contributed by atoms with Crippen LogP contribution in [0.15, 0.2) is 34.9 Å². The van der Waals surface area contributed by atoms with Crippen LogP contribution in [0.4, 0.5) is 11.5 Å². The number of aromatic nitrogens is 1. The van der Waals surface area contributed by atoms with Crippen LogP contribution in [0, 0.1) is 0 Å². The summed E-state index contributed by atoms with van der Waals surface area (Å²) in [5, 5.41) is 5.92. The molecular formula is C14H13BrClN3O2. The van der Waals surface area contributed by atoms with E-state index in [4.69, 9.17) is 16.3 Å². The summed E-state index contributed by atoms with van der Waals surface area (Å²) in [5.41, 5.74) is 0.955. The highest BCUT2D eigenvalue weighted by Gasteiger charge is 2.13. The quantitative estimate of drug-likeness (QED) is 0.859. The molecule has 0 fully saturated rings. The van der Waals surface area contributed by atoms with E-state index in [0.29, 0.717) is 22.8 Å². The van der Waals surface area contributed by atoms with Crippen molar-refractivity contribution in [3.63, 3.8) is 0 Å². The van der Waals surface area contributed by atoms with Crippen molar-refractivity contribution in [1.29, 1.82) is 0 Å². The van der Waals surface area contributed by atoms with Crippen LogP contribution in [0.1, 0.15) is 10.4 Å². The molecule has 2 rings (SSSR count). The van der Waals surface area contributed by atoms with E-state index in [0.717, 1.165) is 4.47 Å². The Hall–Kier alpha value is -1.79. The number of halogens is 2. The third-order valence-corrected chi connectivity index (χ3v) is 3.72. The van der Waals surface area contributed by atoms with E-state index in [1.165, 1.54) is 6.20 Å². The summed E-state index contributed by atoms with van der Waals surface area (Å²) in [4.78, 5) is 16.3. The first kappa shape index (κ1) is 15.6. The minimum absolute atomic E-state index is 0.288. The molecule has 1 aromatic carbocycles. The summed E-state index contributed by atoms with van der Waals surface area (Å²) in [5.74, 6) is 0.880. The maximum Gasteiger partial charge on any atom is 0.257 e. The first-order valence-corrected chi connectivity index (χ1v) is 7.20. The molecule has 0 saturated carbocycles. The van der Waals surface area contributed by atoms with Gasteiger partial charge in [0.05, 0.1) is 22.2 Å². The Kier molecular flexibility index (Phi) is 5.03. The first-order valence-electron chi connectivity index (χ1n) is 6.03. The van der Waals surface area contributed by atoms with Crippen molar-refractivity contribution >= 4 is 44.9 Å². The lowest BCUT2D eigenvalue weighted by Gasteiger charge is -2.10. The highest BCUT2D eigenvalue weighted by atomic mass is 79.9. The third kappa shape index (κ3) is 3.65. The number of carbonyl (C=O) groups excluding carboxylic acids is 1. The van der Waals surface area contributed by atoms with Crippen LogP contribution in [0.25, 0.3) is 0 Å². The van der Waals surface area contributed by atoms with Crippen molar-refractivity contribution in [2.75, 3.05) is 24.8 Å². The van der Waals surface area contributed by atoms with Crippen LogP contribution < -0.4 is 15.4 Å². The van der Waals surface area contributed by atoms with E-state index in [1.807, 2.05) is 0 Å². The molecular weight excluding hydrogens is 358 g/mol. The molecule has 0 unspecified atom stereocenters. The van der Waals surface area contributed by atoms with Crippen molar-refractivity contribution < 1.29 is 9.53 Å². The average Bonchev–Trinajstić information content (AvgIpc) is 2.49. The summed E-state index contributed by atoms with van der Waals surface area (Å²) >= 11 is 9.37. The van der Waals surface area contributed by atoms with Gasteiger partial charge in [0.15, 0.2) is 0 Å². The van der Waals surface area contributed by atoms with Crippen molar-refractivity contribution in [2.45, 2.75) is 0 Å². The molecule has 0 aliphatic rings. The summed E-state index contributed by atoms with van der Waals surface area (Å²) in [6.45, 7) is 0. The molecule has 0 saturated heterocycles. The molecule has 0 atom stereocenters. The minimum Gasteiger partial charge on any atom is -0.495 e. The number of carbonyl (C=O) groups is 1. The molecule has 1 aromatic heterocycles. The van der Waals surface area contributed by atoms with Gasteiger partial charge in [0.1, 0.15) is 11.6 Å². The summed E-state index contributed by atoms with van der Waals surface area (Å²) in [7, 11) is 3.28. The molecule has 0 radical (unpaired) electrons. The zero-order valence-electron chi connectivity index (χ0n) is 11.4. The van der Waals surface area contributed by atoms with Crippen LogP contribution in [0.5, 0.6) is 5.75 Å². The molecule has 21 heavy (non-hydrogen) atoms. The van der Waals surface area contributed by atoms with Crippen LogP contribution in [0.3, 0.4) is 0 Å². The Morgan fingerprint density at radius 3 is 2.81 bits per heavy atom. The van der Waals surface area contributed by atoms with Crippen molar-refractivity contribution in [2.24, 2.45) is 0 Å². The number of benzene rings is 1. The highest BCUT2D eigenvalue weighted by molar-refractivity contribution is 9.10. The smallest absolute Gasteiger partial charge is 0.257 e. The van der Waals surface area contributed by atoms with E-state index in [1.54, 1.807) is 38.4 Å². The predicted octanol–water partition coefficient (Wildman–Crippen LogP) is 3.80. The molecule has 5 nitrogen and oxygen atoms in total. The maximum atomic E-state index is 12.3. The van der Waals surface area contributed by atoms with E-state index in [9.17, 15) is 4.79 Å². The second kappa shape index (κ2) is 6.78. The van der Waals surface area contributed by atoms with Crippen LogP contribution >= 0.6 is 27.5 Å². The normalized spacial score (nSPS) is 10.1. The largest absolute Gasteiger partial charge is 0.495 e. The maximum absolute atomic E-state index is 12.3. The topological polar surface area (TPSA) is 63.2 Å². The van der Waals surface area contributed by atoms with E-state index >= 15 is 0 Å². The number of rotatable bonds is 4. The lowest BCUT2D eigenvalue weighted by atomic mass is 10.2. The lowest BCUT2D eigenvalue weighted by molar-refractivity contribution is 0.102. The zero-order chi connectivity index (χ0) is 15.4. The number of anilines is 2. The van der Waals surface area contributed by atoms with Crippen molar-refractivity contribution in [3.05, 3.63) is 45.5 Å². The Morgan fingerprint density at radius 1 is 1.38 bits per heavy atom. The predicted molar refractivity (Wildman–Crippen MR) is 87.4 cm³/mol. The van der Waals surface area contributed by atoms with Gasteiger partial charge in [0.2, 0.25) is 0 Å². The van der Waals surface area contributed by atoms with Crippen molar-refractivity contribution in [3.8, 4) is 5.75 Å². The molecule has 0 bridgehead atoms. The number of amides is 1. The Bertz CT molecular complexity index is 679. The van der Waals surface area contributed by atoms with Crippen LogP contribution in [-0.4, -0.2) is 25.0 Å². The van der Waals surface area contributed by atoms with Crippen LogP contribution in [-0.2, 0) is 0 Å². The molecule has 7 heteroatoms. The number of methoxy groups -OCH3 is 1. The Balaban J connectivity index is 2.25. The zero-order valence-corrected chi connectivity index (χ0v) is 13.7. The molecule has 2 aromatic rings.